The summed E-state index contributed by atoms with van der Waals surface area (Å²) in [4.78, 5) is 28.9. The first-order valence-electron chi connectivity index (χ1n) is 11.8. The summed E-state index contributed by atoms with van der Waals surface area (Å²) in [6.45, 7) is 10.1. The Morgan fingerprint density at radius 2 is 1.97 bits per heavy atom. The monoisotopic (exact) mass is 426 g/mol. The summed E-state index contributed by atoms with van der Waals surface area (Å²) in [7, 11) is 0. The Bertz CT molecular complexity index is 898. The Labute approximate surface area is 184 Å². The maximum atomic E-state index is 13.3. The molecule has 0 spiro atoms. The smallest absolute Gasteiger partial charge is 0.245 e. The largest absolute Gasteiger partial charge is 0.487 e. The number of aryl methyl sites for hydroxylation is 1. The standard InChI is InChI=1S/C25H34N2O4/c1-15-7-8-18-22(12-15)31-25(3,4)19-13-17-14-26(11-9-21(17)30-23(18)19)24(29)20-6-5-10-27(20)16(2)28/h7-8,12,17,19-21,23H,5-6,9-11,13-14H2,1-4H3/t17-,19+,20-,21+,23-/m1/s1. The first-order valence-corrected chi connectivity index (χ1v) is 11.8. The van der Waals surface area contributed by atoms with Gasteiger partial charge >= 0.3 is 0 Å². The number of hydrogen-bond acceptors (Lipinski definition) is 4. The van der Waals surface area contributed by atoms with Crippen molar-refractivity contribution >= 4 is 11.8 Å². The van der Waals surface area contributed by atoms with Gasteiger partial charge in [0, 0.05) is 44.0 Å². The average Bonchev–Trinajstić information content (AvgIpc) is 3.21. The second-order valence-electron chi connectivity index (χ2n) is 10.4. The Balaban J connectivity index is 1.34. The van der Waals surface area contributed by atoms with Gasteiger partial charge in [-0.3, -0.25) is 9.59 Å². The van der Waals surface area contributed by atoms with Crippen molar-refractivity contribution in [3.8, 4) is 5.75 Å². The SMILES string of the molecule is CC(=O)N1CCC[C@@H]1C(=O)N1CC[C@@H]2O[C@@H]3c4ccc(C)cc4OC(C)(C)[C@H]3C[C@@H]2C1. The van der Waals surface area contributed by atoms with Gasteiger partial charge in [0.15, 0.2) is 0 Å². The van der Waals surface area contributed by atoms with E-state index in [4.69, 9.17) is 9.47 Å². The molecule has 6 nitrogen and oxygen atoms in total. The molecule has 168 valence electrons. The summed E-state index contributed by atoms with van der Waals surface area (Å²) in [5, 5.41) is 0. The van der Waals surface area contributed by atoms with E-state index in [9.17, 15) is 9.59 Å². The minimum Gasteiger partial charge on any atom is -0.487 e. The normalized spacial score (nSPS) is 33.7. The van der Waals surface area contributed by atoms with Crippen molar-refractivity contribution in [2.24, 2.45) is 11.8 Å². The number of rotatable bonds is 1. The number of ether oxygens (including phenoxy) is 2. The zero-order chi connectivity index (χ0) is 21.9. The van der Waals surface area contributed by atoms with Crippen molar-refractivity contribution in [1.29, 1.82) is 0 Å². The lowest BCUT2D eigenvalue weighted by molar-refractivity contribution is -0.189. The lowest BCUT2D eigenvalue weighted by Crippen LogP contribution is -2.57. The molecule has 0 N–H and O–H groups in total. The third-order valence-electron chi connectivity index (χ3n) is 7.90. The third-order valence-corrected chi connectivity index (χ3v) is 7.90. The second-order valence-corrected chi connectivity index (χ2v) is 10.4. The molecule has 31 heavy (non-hydrogen) atoms. The Morgan fingerprint density at radius 1 is 1.16 bits per heavy atom. The van der Waals surface area contributed by atoms with Crippen molar-refractivity contribution in [3.63, 3.8) is 0 Å². The molecule has 0 aromatic heterocycles. The summed E-state index contributed by atoms with van der Waals surface area (Å²) in [5.41, 5.74) is 2.04. The van der Waals surface area contributed by atoms with E-state index in [0.29, 0.717) is 25.6 Å². The van der Waals surface area contributed by atoms with Gasteiger partial charge < -0.3 is 19.3 Å². The molecule has 0 saturated carbocycles. The highest BCUT2D eigenvalue weighted by atomic mass is 16.5. The fourth-order valence-electron chi connectivity index (χ4n) is 6.22. The third kappa shape index (κ3) is 3.53. The van der Waals surface area contributed by atoms with Crippen LogP contribution >= 0.6 is 0 Å². The van der Waals surface area contributed by atoms with Crippen LogP contribution in [0.1, 0.15) is 63.7 Å². The number of carbonyl (C=O) groups excluding carboxylic acids is 2. The zero-order valence-electron chi connectivity index (χ0n) is 19.1. The maximum Gasteiger partial charge on any atom is 0.245 e. The summed E-state index contributed by atoms with van der Waals surface area (Å²) < 4.78 is 13.2. The number of amides is 2. The topological polar surface area (TPSA) is 59.1 Å². The summed E-state index contributed by atoms with van der Waals surface area (Å²) >= 11 is 0. The van der Waals surface area contributed by atoms with E-state index >= 15 is 0 Å². The van der Waals surface area contributed by atoms with Gasteiger partial charge in [0.2, 0.25) is 11.8 Å². The van der Waals surface area contributed by atoms with Gasteiger partial charge in [-0.15, -0.1) is 0 Å². The van der Waals surface area contributed by atoms with Crippen LogP contribution in [0.15, 0.2) is 18.2 Å². The van der Waals surface area contributed by atoms with Crippen molar-refractivity contribution in [2.45, 2.75) is 77.2 Å². The highest BCUT2D eigenvalue weighted by molar-refractivity contribution is 5.87. The molecule has 6 heteroatoms. The highest BCUT2D eigenvalue weighted by Gasteiger charge is 2.52. The van der Waals surface area contributed by atoms with E-state index < -0.39 is 0 Å². The van der Waals surface area contributed by atoms with Crippen LogP contribution in [0.4, 0.5) is 0 Å². The van der Waals surface area contributed by atoms with Crippen LogP contribution in [0.5, 0.6) is 5.75 Å². The fourth-order valence-corrected chi connectivity index (χ4v) is 6.22. The van der Waals surface area contributed by atoms with Gasteiger partial charge in [0.05, 0.1) is 12.2 Å². The minimum absolute atomic E-state index is 0.00424. The quantitative estimate of drug-likeness (QED) is 0.690. The number of carbonyl (C=O) groups is 2. The predicted molar refractivity (Wildman–Crippen MR) is 117 cm³/mol. The Kier molecular flexibility index (Phi) is 5.04. The van der Waals surface area contributed by atoms with Gasteiger partial charge in [-0.25, -0.2) is 0 Å². The highest BCUT2D eigenvalue weighted by Crippen LogP contribution is 2.53. The van der Waals surface area contributed by atoms with Crippen molar-refractivity contribution < 1.29 is 19.1 Å². The minimum atomic E-state index is -0.320. The molecule has 4 heterocycles. The molecule has 4 aliphatic heterocycles. The van der Waals surface area contributed by atoms with E-state index in [1.54, 1.807) is 11.8 Å². The first kappa shape index (κ1) is 20.8. The van der Waals surface area contributed by atoms with Gasteiger partial charge in [0.25, 0.3) is 0 Å². The lowest BCUT2D eigenvalue weighted by atomic mass is 9.70. The summed E-state index contributed by atoms with van der Waals surface area (Å²) in [5.74, 6) is 1.63. The van der Waals surface area contributed by atoms with Crippen molar-refractivity contribution in [2.75, 3.05) is 19.6 Å². The molecule has 0 bridgehead atoms. The molecular formula is C25H34N2O4. The van der Waals surface area contributed by atoms with Gasteiger partial charge in [0.1, 0.15) is 17.4 Å². The molecule has 1 aromatic rings. The molecule has 4 aliphatic rings. The first-order chi connectivity index (χ1) is 14.7. The number of hydrogen-bond donors (Lipinski definition) is 0. The molecule has 0 unspecified atom stereocenters. The van der Waals surface area contributed by atoms with Crippen LogP contribution in [-0.4, -0.2) is 59.0 Å². The molecule has 2 amide bonds. The molecule has 3 saturated heterocycles. The van der Waals surface area contributed by atoms with Crippen LogP contribution in [0.2, 0.25) is 0 Å². The number of likely N-dealkylation sites (tertiary alicyclic amines) is 2. The zero-order valence-corrected chi connectivity index (χ0v) is 19.1. The predicted octanol–water partition coefficient (Wildman–Crippen LogP) is 3.47. The average molecular weight is 427 g/mol. The van der Waals surface area contributed by atoms with Gasteiger partial charge in [-0.2, -0.15) is 0 Å². The summed E-state index contributed by atoms with van der Waals surface area (Å²) in [6.07, 6.45) is 3.75. The van der Waals surface area contributed by atoms with E-state index in [1.165, 1.54) is 5.56 Å². The van der Waals surface area contributed by atoms with E-state index in [1.807, 2.05) is 4.90 Å². The van der Waals surface area contributed by atoms with Gasteiger partial charge in [-0.1, -0.05) is 12.1 Å². The van der Waals surface area contributed by atoms with E-state index in [0.717, 1.165) is 37.0 Å². The number of nitrogens with zero attached hydrogens (tertiary/aromatic N) is 2. The molecule has 5 atom stereocenters. The van der Waals surface area contributed by atoms with Crippen LogP contribution in [-0.2, 0) is 14.3 Å². The van der Waals surface area contributed by atoms with Crippen LogP contribution in [0.25, 0.3) is 0 Å². The number of piperidine rings is 1. The molecule has 5 rings (SSSR count). The Morgan fingerprint density at radius 3 is 2.74 bits per heavy atom. The number of benzene rings is 1. The molecule has 3 fully saturated rings. The number of fused-ring (bicyclic) bond motifs is 4. The molecular weight excluding hydrogens is 392 g/mol. The van der Waals surface area contributed by atoms with Crippen LogP contribution < -0.4 is 4.74 Å². The maximum absolute atomic E-state index is 13.3. The van der Waals surface area contributed by atoms with Crippen molar-refractivity contribution in [3.05, 3.63) is 29.3 Å². The Hall–Kier alpha value is -2.08. The molecule has 0 radical (unpaired) electrons. The fraction of sp³-hybridized carbons (Fsp3) is 0.680. The van der Waals surface area contributed by atoms with Crippen molar-refractivity contribution in [1.82, 2.24) is 9.80 Å². The molecule has 0 aliphatic carbocycles. The van der Waals surface area contributed by atoms with Crippen LogP contribution in [0.3, 0.4) is 0 Å². The molecule has 1 aromatic carbocycles. The van der Waals surface area contributed by atoms with E-state index in [2.05, 4.69) is 39.0 Å². The lowest BCUT2D eigenvalue weighted by Gasteiger charge is -2.53. The second kappa shape index (κ2) is 7.51. The van der Waals surface area contributed by atoms with Gasteiger partial charge in [-0.05, 0) is 58.1 Å². The van der Waals surface area contributed by atoms with Crippen LogP contribution in [0, 0.1) is 18.8 Å². The van der Waals surface area contributed by atoms with E-state index in [-0.39, 0.29) is 41.6 Å². The summed E-state index contributed by atoms with van der Waals surface area (Å²) in [6, 6.07) is 6.13.